The van der Waals surface area contributed by atoms with Gasteiger partial charge in [-0.05, 0) is 25.5 Å². The lowest BCUT2D eigenvalue weighted by Crippen LogP contribution is -2.47. The number of piperazine rings is 1. The number of methoxy groups -OCH3 is 1. The molecule has 0 spiro atoms. The van der Waals surface area contributed by atoms with Gasteiger partial charge in [0, 0.05) is 51.9 Å². The van der Waals surface area contributed by atoms with E-state index in [4.69, 9.17) is 10.5 Å². The molecule has 0 atom stereocenters. The Kier molecular flexibility index (Phi) is 8.59. The number of anilines is 3. The van der Waals surface area contributed by atoms with Crippen molar-refractivity contribution in [3.8, 4) is 11.4 Å². The van der Waals surface area contributed by atoms with Gasteiger partial charge in [-0.25, -0.2) is 4.98 Å². The van der Waals surface area contributed by atoms with Gasteiger partial charge in [-0.15, -0.1) is 0 Å². The van der Waals surface area contributed by atoms with Gasteiger partial charge in [0.15, 0.2) is 5.82 Å². The van der Waals surface area contributed by atoms with Crippen LogP contribution in [0.4, 0.5) is 30.9 Å². The molecule has 2 aromatic heterocycles. The minimum Gasteiger partial charge on any atom is -0.469 e. The molecule has 37 heavy (non-hydrogen) atoms. The number of alkyl halides is 3. The third kappa shape index (κ3) is 6.95. The van der Waals surface area contributed by atoms with Crippen molar-refractivity contribution >= 4 is 23.7 Å². The molecular formula is C23H31F3N8O3. The number of rotatable bonds is 8. The summed E-state index contributed by atoms with van der Waals surface area (Å²) in [7, 11) is 1.38. The Balaban J connectivity index is 1.55. The first kappa shape index (κ1) is 26.8. The zero-order valence-corrected chi connectivity index (χ0v) is 20.7. The molecule has 2 aliphatic heterocycles. The molecular weight excluding hydrogens is 493 g/mol. The molecule has 202 valence electrons. The van der Waals surface area contributed by atoms with E-state index in [0.29, 0.717) is 57.7 Å². The Hall–Kier alpha value is -3.26. The molecule has 2 fully saturated rings. The van der Waals surface area contributed by atoms with Crippen LogP contribution in [-0.4, -0.2) is 96.9 Å². The number of nitrogens with two attached hydrogens (primary N) is 1. The lowest BCUT2D eigenvalue weighted by atomic mass is 10.1. The molecule has 2 N–H and O–H groups in total. The summed E-state index contributed by atoms with van der Waals surface area (Å²) >= 11 is 0. The minimum absolute atomic E-state index is 0.100. The van der Waals surface area contributed by atoms with Gasteiger partial charge < -0.3 is 25.0 Å². The van der Waals surface area contributed by atoms with Gasteiger partial charge in [0.1, 0.15) is 5.82 Å². The van der Waals surface area contributed by atoms with Crippen LogP contribution < -0.4 is 15.5 Å². The highest BCUT2D eigenvalue weighted by molar-refractivity contribution is 5.69. The van der Waals surface area contributed by atoms with Crippen LogP contribution in [0, 0.1) is 0 Å². The van der Waals surface area contributed by atoms with Crippen LogP contribution in [0.1, 0.15) is 24.8 Å². The van der Waals surface area contributed by atoms with Crippen LogP contribution >= 0.6 is 0 Å². The molecule has 0 aliphatic carbocycles. The molecule has 2 saturated heterocycles. The molecule has 0 amide bonds. The van der Waals surface area contributed by atoms with Crippen molar-refractivity contribution in [2.45, 2.75) is 25.4 Å². The largest absolute Gasteiger partial charge is 0.469 e. The fraction of sp³-hybridized carbons (Fsp3) is 0.609. The monoisotopic (exact) mass is 524 g/mol. The van der Waals surface area contributed by atoms with E-state index < -0.39 is 11.7 Å². The first-order valence-corrected chi connectivity index (χ1v) is 12.2. The Morgan fingerprint density at radius 3 is 2.30 bits per heavy atom. The summed E-state index contributed by atoms with van der Waals surface area (Å²) in [6, 6.07) is 0.798. The number of esters is 1. The van der Waals surface area contributed by atoms with Crippen molar-refractivity contribution < 1.29 is 27.4 Å². The zero-order valence-electron chi connectivity index (χ0n) is 20.7. The molecule has 4 heterocycles. The number of carbonyl (C=O) groups excluding carboxylic acids is 1. The number of hydrogen-bond donors (Lipinski definition) is 1. The number of carbonyl (C=O) groups is 1. The lowest BCUT2D eigenvalue weighted by molar-refractivity contribution is -0.140. The van der Waals surface area contributed by atoms with E-state index in [1.165, 1.54) is 7.11 Å². The molecule has 2 aliphatic rings. The highest BCUT2D eigenvalue weighted by Crippen LogP contribution is 2.37. The van der Waals surface area contributed by atoms with Crippen LogP contribution in [0.2, 0.25) is 0 Å². The molecule has 0 bridgehead atoms. The molecule has 11 nitrogen and oxygen atoms in total. The minimum atomic E-state index is -4.65. The predicted octanol–water partition coefficient (Wildman–Crippen LogP) is 1.84. The number of nitrogens with zero attached hydrogens (tertiary/aromatic N) is 7. The maximum Gasteiger partial charge on any atom is 0.417 e. The summed E-state index contributed by atoms with van der Waals surface area (Å²) in [4.78, 5) is 34.8. The van der Waals surface area contributed by atoms with E-state index in [-0.39, 0.29) is 23.2 Å². The molecule has 14 heteroatoms. The molecule has 0 aromatic carbocycles. The molecule has 4 rings (SSSR count). The van der Waals surface area contributed by atoms with Crippen LogP contribution in [-0.2, 0) is 20.4 Å². The first-order valence-electron chi connectivity index (χ1n) is 12.2. The normalized spacial score (nSPS) is 17.2. The number of halogens is 3. The van der Waals surface area contributed by atoms with Crippen LogP contribution in [0.25, 0.3) is 11.4 Å². The number of aromatic nitrogens is 4. The second-order valence-electron chi connectivity index (χ2n) is 8.87. The summed E-state index contributed by atoms with van der Waals surface area (Å²) in [5.74, 6) is 0.0785. The number of hydrogen-bond acceptors (Lipinski definition) is 11. The van der Waals surface area contributed by atoms with Crippen molar-refractivity contribution in [3.63, 3.8) is 0 Å². The number of morpholine rings is 1. The third-order valence-corrected chi connectivity index (χ3v) is 6.37. The lowest BCUT2D eigenvalue weighted by Gasteiger charge is -2.35. The number of pyridine rings is 1. The number of ether oxygens (including phenoxy) is 2. The smallest absolute Gasteiger partial charge is 0.417 e. The second-order valence-corrected chi connectivity index (χ2v) is 8.87. The molecule has 0 unspecified atom stereocenters. The fourth-order valence-electron chi connectivity index (χ4n) is 4.28. The van der Waals surface area contributed by atoms with Gasteiger partial charge in [-0.2, -0.15) is 28.1 Å². The van der Waals surface area contributed by atoms with Crippen LogP contribution in [0.3, 0.4) is 0 Å². The van der Waals surface area contributed by atoms with Crippen molar-refractivity contribution in [1.29, 1.82) is 0 Å². The van der Waals surface area contributed by atoms with E-state index in [2.05, 4.69) is 29.6 Å². The maximum absolute atomic E-state index is 13.8. The van der Waals surface area contributed by atoms with E-state index >= 15 is 0 Å². The quantitative estimate of drug-likeness (QED) is 0.402. The third-order valence-electron chi connectivity index (χ3n) is 6.37. The SMILES string of the molecule is COC(=O)CCCCN1CCN(c2nc(-c3cnc(N)cc3C(F)(F)F)nc(N3CCOCC3)n2)CC1. The standard InChI is InChI=1S/C23H31F3N8O3/c1-36-19(35)4-2-3-5-32-6-8-33(9-7-32)21-29-20(30-22(31-21)34-10-12-37-13-11-34)16-15-28-18(27)14-17(16)23(24,25)26/h14-15H,2-13H2,1H3,(H2,27,28). The van der Waals surface area contributed by atoms with Crippen LogP contribution in [0.5, 0.6) is 0 Å². The van der Waals surface area contributed by atoms with E-state index in [0.717, 1.165) is 44.7 Å². The first-order chi connectivity index (χ1) is 17.7. The summed E-state index contributed by atoms with van der Waals surface area (Å²) in [6.07, 6.45) is -1.57. The zero-order chi connectivity index (χ0) is 26.4. The average Bonchev–Trinajstić information content (AvgIpc) is 2.91. The van der Waals surface area contributed by atoms with Crippen LogP contribution in [0.15, 0.2) is 12.3 Å². The highest BCUT2D eigenvalue weighted by atomic mass is 19.4. The second kappa shape index (κ2) is 11.9. The van der Waals surface area contributed by atoms with Crippen molar-refractivity contribution in [3.05, 3.63) is 17.8 Å². The predicted molar refractivity (Wildman–Crippen MR) is 130 cm³/mol. The summed E-state index contributed by atoms with van der Waals surface area (Å²) in [6.45, 7) is 5.53. The topological polar surface area (TPSA) is 123 Å². The summed E-state index contributed by atoms with van der Waals surface area (Å²) in [5.41, 5.74) is 4.36. The molecule has 0 radical (unpaired) electrons. The van der Waals surface area contributed by atoms with E-state index in [1.807, 2.05) is 9.80 Å². The fourth-order valence-corrected chi connectivity index (χ4v) is 4.28. The van der Waals surface area contributed by atoms with E-state index in [9.17, 15) is 18.0 Å². The molecule has 2 aromatic rings. The Labute approximate surface area is 212 Å². The summed E-state index contributed by atoms with van der Waals surface area (Å²) < 4.78 is 51.6. The number of nitrogen functional groups attached to an aromatic ring is 1. The Morgan fingerprint density at radius 1 is 1.03 bits per heavy atom. The average molecular weight is 525 g/mol. The van der Waals surface area contributed by atoms with E-state index in [1.54, 1.807) is 0 Å². The summed E-state index contributed by atoms with van der Waals surface area (Å²) in [5, 5.41) is 0. The van der Waals surface area contributed by atoms with Crippen molar-refractivity contribution in [1.82, 2.24) is 24.8 Å². The van der Waals surface area contributed by atoms with Gasteiger partial charge in [-0.1, -0.05) is 0 Å². The highest BCUT2D eigenvalue weighted by Gasteiger charge is 2.36. The van der Waals surface area contributed by atoms with Crippen molar-refractivity contribution in [2.24, 2.45) is 0 Å². The Bertz CT molecular complexity index is 1070. The van der Waals surface area contributed by atoms with Gasteiger partial charge in [0.2, 0.25) is 11.9 Å². The van der Waals surface area contributed by atoms with Gasteiger partial charge in [-0.3, -0.25) is 9.69 Å². The number of unbranched alkanes of at least 4 members (excludes halogenated alkanes) is 1. The van der Waals surface area contributed by atoms with Crippen molar-refractivity contribution in [2.75, 3.05) is 81.7 Å². The van der Waals surface area contributed by atoms with Gasteiger partial charge in [0.25, 0.3) is 0 Å². The molecule has 0 saturated carbocycles. The Morgan fingerprint density at radius 2 is 1.68 bits per heavy atom. The van der Waals surface area contributed by atoms with Gasteiger partial charge in [0.05, 0.1) is 31.5 Å². The maximum atomic E-state index is 13.8. The van der Waals surface area contributed by atoms with Gasteiger partial charge >= 0.3 is 12.1 Å².